The van der Waals surface area contributed by atoms with Gasteiger partial charge in [0, 0.05) is 0 Å². The number of nitrogens with zero attached hydrogens (tertiary/aromatic N) is 1. The summed E-state index contributed by atoms with van der Waals surface area (Å²) in [5.74, 6) is 0.604. The molecular weight excluding hydrogens is 310 g/mol. The number of imide groups is 1. The van der Waals surface area contributed by atoms with E-state index in [4.69, 9.17) is 0 Å². The highest BCUT2D eigenvalue weighted by Gasteiger charge is 2.59. The Balaban J connectivity index is 1.62. The van der Waals surface area contributed by atoms with Crippen molar-refractivity contribution in [1.29, 1.82) is 0 Å². The number of benzene rings is 1. The zero-order valence-electron chi connectivity index (χ0n) is 15.0. The Bertz CT molecular complexity index is 779. The first-order valence-electron chi connectivity index (χ1n) is 9.75. The minimum absolute atomic E-state index is 0.0669. The number of aryl methyl sites for hydroxylation is 2. The van der Waals surface area contributed by atoms with Gasteiger partial charge in [-0.3, -0.25) is 9.59 Å². The molecule has 0 radical (unpaired) electrons. The van der Waals surface area contributed by atoms with Crippen molar-refractivity contribution in [1.82, 2.24) is 0 Å². The van der Waals surface area contributed by atoms with Crippen LogP contribution in [0.3, 0.4) is 0 Å². The SMILES string of the molecule is Cc1ccc(N2C(=O)[C@@H]3[C@H](C2=O)[C@@H]2CCCC2=C2CCC[C@@H]23)c(C)c1. The molecule has 2 saturated carbocycles. The molecule has 2 amide bonds. The van der Waals surface area contributed by atoms with Gasteiger partial charge in [-0.05, 0) is 75.8 Å². The highest BCUT2D eigenvalue weighted by atomic mass is 16.2. The van der Waals surface area contributed by atoms with Gasteiger partial charge in [-0.1, -0.05) is 28.8 Å². The lowest BCUT2D eigenvalue weighted by atomic mass is 9.66. The van der Waals surface area contributed by atoms with Crippen LogP contribution in [0.4, 0.5) is 5.69 Å². The number of hydrogen-bond donors (Lipinski definition) is 0. The van der Waals surface area contributed by atoms with Crippen molar-refractivity contribution in [2.75, 3.05) is 4.90 Å². The van der Waals surface area contributed by atoms with Crippen molar-refractivity contribution >= 4 is 17.5 Å². The molecule has 0 spiro atoms. The molecule has 3 nitrogen and oxygen atoms in total. The second-order valence-electron chi connectivity index (χ2n) is 8.40. The Hall–Kier alpha value is -1.90. The van der Waals surface area contributed by atoms with E-state index in [0.29, 0.717) is 11.8 Å². The number of fused-ring (bicyclic) bond motifs is 5. The zero-order chi connectivity index (χ0) is 17.3. The quantitative estimate of drug-likeness (QED) is 0.566. The normalized spacial score (nSPS) is 33.8. The first kappa shape index (κ1) is 15.4. The molecule has 0 bridgehead atoms. The summed E-state index contributed by atoms with van der Waals surface area (Å²) in [6.07, 6.45) is 6.86. The summed E-state index contributed by atoms with van der Waals surface area (Å²) in [6.45, 7) is 4.05. The average molecular weight is 335 g/mol. The van der Waals surface area contributed by atoms with Crippen LogP contribution in [-0.4, -0.2) is 11.8 Å². The lowest BCUT2D eigenvalue weighted by Gasteiger charge is -2.34. The Labute approximate surface area is 149 Å². The zero-order valence-corrected chi connectivity index (χ0v) is 15.0. The molecule has 1 saturated heterocycles. The first-order valence-corrected chi connectivity index (χ1v) is 9.75. The van der Waals surface area contributed by atoms with Crippen LogP contribution in [0.1, 0.15) is 49.7 Å². The monoisotopic (exact) mass is 335 g/mol. The van der Waals surface area contributed by atoms with Gasteiger partial charge < -0.3 is 0 Å². The maximum absolute atomic E-state index is 13.4. The van der Waals surface area contributed by atoms with Crippen LogP contribution >= 0.6 is 0 Å². The second-order valence-corrected chi connectivity index (χ2v) is 8.40. The van der Waals surface area contributed by atoms with E-state index in [0.717, 1.165) is 42.5 Å². The maximum Gasteiger partial charge on any atom is 0.238 e. The molecular formula is C22H25NO2. The van der Waals surface area contributed by atoms with E-state index in [2.05, 4.69) is 6.07 Å². The van der Waals surface area contributed by atoms with Crippen molar-refractivity contribution < 1.29 is 9.59 Å². The van der Waals surface area contributed by atoms with Crippen LogP contribution in [0.25, 0.3) is 0 Å². The summed E-state index contributed by atoms with van der Waals surface area (Å²) in [5.41, 5.74) is 6.11. The fourth-order valence-electron chi connectivity index (χ4n) is 6.19. The number of amides is 2. The number of carbonyl (C=O) groups excluding carboxylic acids is 2. The molecule has 1 aromatic carbocycles. The average Bonchev–Trinajstić information content (AvgIpc) is 3.26. The van der Waals surface area contributed by atoms with Gasteiger partial charge >= 0.3 is 0 Å². The predicted octanol–water partition coefficient (Wildman–Crippen LogP) is 4.32. The van der Waals surface area contributed by atoms with Crippen molar-refractivity contribution in [3.8, 4) is 0 Å². The van der Waals surface area contributed by atoms with Gasteiger partial charge in [-0.2, -0.15) is 0 Å². The molecule has 5 rings (SSSR count). The fourth-order valence-corrected chi connectivity index (χ4v) is 6.19. The van der Waals surface area contributed by atoms with Crippen molar-refractivity contribution in [3.05, 3.63) is 40.5 Å². The van der Waals surface area contributed by atoms with Gasteiger partial charge in [0.2, 0.25) is 11.8 Å². The van der Waals surface area contributed by atoms with Crippen LogP contribution in [0.15, 0.2) is 29.3 Å². The Morgan fingerprint density at radius 1 is 0.880 bits per heavy atom. The smallest absolute Gasteiger partial charge is 0.238 e. The van der Waals surface area contributed by atoms with Crippen molar-refractivity contribution in [2.24, 2.45) is 23.7 Å². The molecule has 4 aliphatic rings. The molecule has 1 heterocycles. The summed E-state index contributed by atoms with van der Waals surface area (Å²) in [4.78, 5) is 28.3. The summed E-state index contributed by atoms with van der Waals surface area (Å²) < 4.78 is 0. The van der Waals surface area contributed by atoms with E-state index in [-0.39, 0.29) is 23.7 Å². The Morgan fingerprint density at radius 3 is 1.96 bits per heavy atom. The third-order valence-corrected chi connectivity index (χ3v) is 7.09. The molecule has 130 valence electrons. The molecule has 3 fully saturated rings. The molecule has 0 N–H and O–H groups in total. The van der Waals surface area contributed by atoms with E-state index in [9.17, 15) is 9.59 Å². The number of carbonyl (C=O) groups is 2. The minimum atomic E-state index is -0.0995. The number of anilines is 1. The lowest BCUT2D eigenvalue weighted by Crippen LogP contribution is -2.35. The maximum atomic E-state index is 13.4. The minimum Gasteiger partial charge on any atom is -0.274 e. The molecule has 3 heteroatoms. The topological polar surface area (TPSA) is 37.4 Å². The number of allylic oxidation sites excluding steroid dienone is 2. The largest absolute Gasteiger partial charge is 0.274 e. The standard InChI is InChI=1S/C22H25NO2/c1-12-9-10-18(13(2)11-12)23-21(24)19-16-7-3-5-14(16)15-6-4-8-17(15)20(19)22(23)25/h9-11,16-17,19-20H,3-8H2,1-2H3/t16-,17+,19-,20+. The van der Waals surface area contributed by atoms with Crippen molar-refractivity contribution in [3.63, 3.8) is 0 Å². The van der Waals surface area contributed by atoms with E-state index in [1.807, 2.05) is 26.0 Å². The van der Waals surface area contributed by atoms with Gasteiger partial charge in [0.05, 0.1) is 17.5 Å². The Kier molecular flexibility index (Phi) is 3.25. The molecule has 1 aromatic rings. The highest BCUT2D eigenvalue weighted by molar-refractivity contribution is 6.23. The van der Waals surface area contributed by atoms with E-state index in [1.54, 1.807) is 16.0 Å². The van der Waals surface area contributed by atoms with Gasteiger partial charge in [0.1, 0.15) is 0 Å². The molecule has 3 aliphatic carbocycles. The lowest BCUT2D eigenvalue weighted by molar-refractivity contribution is -0.122. The van der Waals surface area contributed by atoms with Gasteiger partial charge in [0.25, 0.3) is 0 Å². The number of hydrogen-bond acceptors (Lipinski definition) is 2. The molecule has 1 aliphatic heterocycles. The van der Waals surface area contributed by atoms with Crippen LogP contribution < -0.4 is 4.90 Å². The van der Waals surface area contributed by atoms with E-state index >= 15 is 0 Å². The van der Waals surface area contributed by atoms with E-state index in [1.165, 1.54) is 12.8 Å². The van der Waals surface area contributed by atoms with Gasteiger partial charge in [0.15, 0.2) is 0 Å². The highest BCUT2D eigenvalue weighted by Crippen LogP contribution is 2.58. The molecule has 0 aromatic heterocycles. The summed E-state index contributed by atoms with van der Waals surface area (Å²) in [7, 11) is 0. The second kappa shape index (κ2) is 5.30. The third-order valence-electron chi connectivity index (χ3n) is 7.09. The van der Waals surface area contributed by atoms with Gasteiger partial charge in [-0.15, -0.1) is 0 Å². The predicted molar refractivity (Wildman–Crippen MR) is 97.1 cm³/mol. The van der Waals surface area contributed by atoms with Crippen molar-refractivity contribution in [2.45, 2.75) is 52.4 Å². The van der Waals surface area contributed by atoms with Crippen LogP contribution in [-0.2, 0) is 9.59 Å². The van der Waals surface area contributed by atoms with E-state index < -0.39 is 0 Å². The number of rotatable bonds is 1. The van der Waals surface area contributed by atoms with Crippen LogP contribution in [0.5, 0.6) is 0 Å². The first-order chi connectivity index (χ1) is 12.1. The Morgan fingerprint density at radius 2 is 1.44 bits per heavy atom. The summed E-state index contributed by atoms with van der Waals surface area (Å²) >= 11 is 0. The third kappa shape index (κ3) is 1.98. The van der Waals surface area contributed by atoms with Crippen LogP contribution in [0.2, 0.25) is 0 Å². The molecule has 25 heavy (non-hydrogen) atoms. The molecule has 0 unspecified atom stereocenters. The van der Waals surface area contributed by atoms with Gasteiger partial charge in [-0.25, -0.2) is 4.90 Å². The fraction of sp³-hybridized carbons (Fsp3) is 0.545. The summed E-state index contributed by atoms with van der Waals surface area (Å²) in [5, 5.41) is 0. The molecule has 4 atom stereocenters. The summed E-state index contributed by atoms with van der Waals surface area (Å²) in [6, 6.07) is 6.03. The van der Waals surface area contributed by atoms with Crippen LogP contribution in [0, 0.1) is 37.5 Å².